The molecule has 0 saturated carbocycles. The molecule has 0 amide bonds. The van der Waals surface area contributed by atoms with Crippen molar-refractivity contribution in [3.8, 4) is 39.9 Å². The van der Waals surface area contributed by atoms with Crippen molar-refractivity contribution in [2.24, 2.45) is 0 Å². The summed E-state index contributed by atoms with van der Waals surface area (Å²) < 4.78 is 40.0. The molecule has 1 aromatic carbocycles. The van der Waals surface area contributed by atoms with Gasteiger partial charge in [-0.3, -0.25) is 4.79 Å². The number of fused-ring (bicyclic) bond motifs is 1. The molecule has 286 valence electrons. The number of hydrogen-bond donors (Lipinski definition) is 11. The minimum atomic E-state index is -1.89. The molecule has 1 aromatic rings. The maximum Gasteiger partial charge on any atom is 0.229 e. The zero-order valence-corrected chi connectivity index (χ0v) is 27.3. The van der Waals surface area contributed by atoms with E-state index in [1.165, 1.54) is 37.3 Å². The second-order valence-corrected chi connectivity index (χ2v) is 12.8. The fraction of sp³-hybridized carbons (Fsp3) is 0.545. The molecule has 5 aliphatic rings. The van der Waals surface area contributed by atoms with Gasteiger partial charge in [0.05, 0.1) is 24.9 Å². The van der Waals surface area contributed by atoms with Crippen LogP contribution >= 0.6 is 0 Å². The molecule has 15 atom stereocenters. The Balaban J connectivity index is 1.33. The number of hydrogen-bond acceptors (Lipinski definition) is 19. The molecule has 19 nitrogen and oxygen atoms in total. The van der Waals surface area contributed by atoms with Crippen LogP contribution in [0.1, 0.15) is 6.92 Å². The molecule has 52 heavy (non-hydrogen) atoms. The van der Waals surface area contributed by atoms with Crippen molar-refractivity contribution in [2.75, 3.05) is 13.2 Å². The van der Waals surface area contributed by atoms with E-state index in [4.69, 9.17) is 32.8 Å². The lowest BCUT2D eigenvalue weighted by Crippen LogP contribution is -2.61. The van der Waals surface area contributed by atoms with Crippen molar-refractivity contribution < 1.29 is 89.0 Å². The van der Waals surface area contributed by atoms with E-state index in [1.54, 1.807) is 0 Å². The predicted molar refractivity (Wildman–Crippen MR) is 169 cm³/mol. The first kappa shape index (κ1) is 38.2. The molecule has 15 unspecified atom stereocenters. The second-order valence-electron chi connectivity index (χ2n) is 12.8. The Morgan fingerprint density at radius 2 is 1.19 bits per heavy atom. The highest BCUT2D eigenvalue weighted by Crippen LogP contribution is 2.43. The van der Waals surface area contributed by atoms with Crippen molar-refractivity contribution in [1.82, 2.24) is 0 Å². The Labute approximate surface area is 293 Å². The highest BCUT2D eigenvalue weighted by atomic mass is 16.7. The number of phenolic OH excluding ortho intramolecular Hbond substituents is 1. The Morgan fingerprint density at radius 1 is 0.635 bits per heavy atom. The monoisotopic (exact) mass is 740 g/mol. The molecule has 0 radical (unpaired) electrons. The van der Waals surface area contributed by atoms with Crippen molar-refractivity contribution >= 4 is 0 Å². The molecule has 0 bridgehead atoms. The van der Waals surface area contributed by atoms with E-state index in [0.717, 1.165) is 12.1 Å². The summed E-state index contributed by atoms with van der Waals surface area (Å²) in [6.07, 6.45) is -24.1. The van der Waals surface area contributed by atoms with E-state index in [9.17, 15) is 61.0 Å². The molecular formula is C33H40O19. The topological polar surface area (TPSA) is 308 Å². The third-order valence-electron chi connectivity index (χ3n) is 9.15. The number of rotatable bonds is 9. The second kappa shape index (κ2) is 15.5. The van der Waals surface area contributed by atoms with E-state index in [-0.39, 0.29) is 39.9 Å². The Morgan fingerprint density at radius 3 is 1.83 bits per heavy atom. The van der Waals surface area contributed by atoms with Crippen LogP contribution in [0.5, 0.6) is 17.2 Å². The third-order valence-corrected chi connectivity index (χ3v) is 9.15. The van der Waals surface area contributed by atoms with E-state index in [0.29, 0.717) is 0 Å². The van der Waals surface area contributed by atoms with E-state index >= 15 is 0 Å². The summed E-state index contributed by atoms with van der Waals surface area (Å²) in [7, 11) is 0. The molecule has 3 saturated heterocycles. The van der Waals surface area contributed by atoms with Gasteiger partial charge >= 0.3 is 0 Å². The van der Waals surface area contributed by atoms with Gasteiger partial charge in [-0.05, 0) is 37.3 Å². The summed E-state index contributed by atoms with van der Waals surface area (Å²) in [5.74, 6) is -0.751. The van der Waals surface area contributed by atoms with Gasteiger partial charge < -0.3 is 89.0 Å². The molecule has 3 fully saturated rings. The van der Waals surface area contributed by atoms with Crippen molar-refractivity contribution in [1.29, 1.82) is 0 Å². The molecule has 0 spiro atoms. The van der Waals surface area contributed by atoms with Gasteiger partial charge in [0.15, 0.2) is 23.2 Å². The van der Waals surface area contributed by atoms with Crippen LogP contribution in [0.4, 0.5) is 0 Å². The van der Waals surface area contributed by atoms with Gasteiger partial charge in [-0.2, -0.15) is 0 Å². The van der Waals surface area contributed by atoms with E-state index in [2.05, 4.69) is 0 Å². The molecule has 11 N–H and O–H groups in total. The van der Waals surface area contributed by atoms with Gasteiger partial charge in [-0.15, -0.1) is 0 Å². The van der Waals surface area contributed by atoms with E-state index in [1.807, 2.05) is 0 Å². The first-order valence-electron chi connectivity index (χ1n) is 16.2. The van der Waals surface area contributed by atoms with Gasteiger partial charge in [0.2, 0.25) is 12.6 Å². The lowest BCUT2D eigenvalue weighted by molar-refractivity contribution is -0.318. The summed E-state index contributed by atoms with van der Waals surface area (Å²) in [4.78, 5) is 12.7. The van der Waals surface area contributed by atoms with Gasteiger partial charge in [0.25, 0.3) is 0 Å². The van der Waals surface area contributed by atoms with Crippen LogP contribution in [0, 0.1) is 0 Å². The highest BCUT2D eigenvalue weighted by Gasteiger charge is 2.48. The van der Waals surface area contributed by atoms with Gasteiger partial charge in [0, 0.05) is 17.7 Å². The molecule has 19 heteroatoms. The normalized spacial score (nSPS) is 38.2. The minimum Gasteiger partial charge on any atom is -0.508 e. The smallest absolute Gasteiger partial charge is 0.229 e. The van der Waals surface area contributed by atoms with Gasteiger partial charge in [0.1, 0.15) is 84.4 Å². The average Bonchev–Trinajstić information content (AvgIpc) is 3.12. The van der Waals surface area contributed by atoms with Crippen LogP contribution in [-0.4, -0.2) is 162 Å². The molecule has 6 rings (SSSR count). The first-order valence-corrected chi connectivity index (χ1v) is 16.2. The van der Waals surface area contributed by atoms with Crippen molar-refractivity contribution in [3.63, 3.8) is 0 Å². The summed E-state index contributed by atoms with van der Waals surface area (Å²) in [6.45, 7) is 0.119. The fourth-order valence-corrected chi connectivity index (χ4v) is 6.07. The number of aromatic hydroxyl groups is 1. The lowest BCUT2D eigenvalue weighted by Gasteiger charge is -2.42. The standard InChI is InChI=1S/C33H40O19/c1-11-21(37)24(40)27(43)31(47-11)46-10-20-23(39)26(42)29(45)33(52-20)50-18-8-15-16(48-30(18)12-2-4-13(35)5-3-12)6-14(36)7-17(15)49-32-28(44)25(41)22(38)19(9-34)51-32/h2-8,11,19-29,31-35,37-45H,9-10H2,1H3. The molecule has 4 aliphatic heterocycles. The Kier molecular flexibility index (Phi) is 11.4. The molecule has 4 heterocycles. The van der Waals surface area contributed by atoms with Crippen LogP contribution in [0.3, 0.4) is 0 Å². The maximum atomic E-state index is 12.7. The quantitative estimate of drug-likeness (QED) is 0.101. The summed E-state index contributed by atoms with van der Waals surface area (Å²) in [5, 5.41) is 113. The zero-order chi connectivity index (χ0) is 37.6. The Bertz CT molecular complexity index is 1680. The summed E-state index contributed by atoms with van der Waals surface area (Å²) >= 11 is 0. The van der Waals surface area contributed by atoms with Crippen LogP contribution in [0.2, 0.25) is 0 Å². The van der Waals surface area contributed by atoms with Crippen LogP contribution < -0.4 is 14.9 Å². The molecule has 1 aliphatic carbocycles. The Hall–Kier alpha value is -3.51. The first-order chi connectivity index (χ1) is 24.7. The van der Waals surface area contributed by atoms with E-state index < -0.39 is 111 Å². The number of benzene rings is 2. The van der Waals surface area contributed by atoms with Gasteiger partial charge in [-0.25, -0.2) is 0 Å². The maximum absolute atomic E-state index is 12.7. The number of aliphatic hydroxyl groups excluding tert-OH is 10. The number of aliphatic hydroxyl groups is 10. The summed E-state index contributed by atoms with van der Waals surface area (Å²) in [6, 6.07) is 8.92. The minimum absolute atomic E-state index is 0.0122. The average molecular weight is 741 g/mol. The van der Waals surface area contributed by atoms with Crippen molar-refractivity contribution in [3.05, 3.63) is 52.7 Å². The molecular weight excluding hydrogens is 700 g/mol. The van der Waals surface area contributed by atoms with Crippen molar-refractivity contribution in [2.45, 2.75) is 99.0 Å². The zero-order valence-electron chi connectivity index (χ0n) is 27.3. The SMILES string of the molecule is CC1OC(OCC2OC(Oc3cc4c(OC5OC(CO)C(O)C(O)C5O)cc(=O)cc-4oc3-c3ccc(O)cc3)C(O)C(O)C2O)C(O)C(O)C1O. The largest absolute Gasteiger partial charge is 0.508 e. The van der Waals surface area contributed by atoms with Crippen LogP contribution in [-0.2, 0) is 18.9 Å². The van der Waals surface area contributed by atoms with Crippen LogP contribution in [0.15, 0.2) is 51.7 Å². The fourth-order valence-electron chi connectivity index (χ4n) is 6.07. The lowest BCUT2D eigenvalue weighted by atomic mass is 9.98. The predicted octanol–water partition coefficient (Wildman–Crippen LogP) is -3.67. The van der Waals surface area contributed by atoms with Gasteiger partial charge in [-0.1, -0.05) is 0 Å². The molecule has 0 aromatic heterocycles. The summed E-state index contributed by atoms with van der Waals surface area (Å²) in [5.41, 5.74) is -0.333. The number of phenols is 1. The van der Waals surface area contributed by atoms with Crippen LogP contribution in [0.25, 0.3) is 22.6 Å². The highest BCUT2D eigenvalue weighted by molar-refractivity contribution is 5.75. The number of ether oxygens (including phenoxy) is 6. The third kappa shape index (κ3) is 7.47.